The summed E-state index contributed by atoms with van der Waals surface area (Å²) >= 11 is 0. The Labute approximate surface area is 114 Å². The molecule has 2 N–H and O–H groups in total. The fourth-order valence-electron chi connectivity index (χ4n) is 1.64. The molecular formula is C15H23NO3. The lowest BCUT2D eigenvalue weighted by molar-refractivity contribution is 0.0636. The number of hydrogen-bond donors (Lipinski definition) is 2. The second-order valence-corrected chi connectivity index (χ2v) is 5.67. The van der Waals surface area contributed by atoms with Gasteiger partial charge in [-0.2, -0.15) is 0 Å². The van der Waals surface area contributed by atoms with E-state index in [1.807, 2.05) is 45.0 Å². The maximum Gasteiger partial charge on any atom is 0.412 e. The molecule has 0 aromatic heterocycles. The summed E-state index contributed by atoms with van der Waals surface area (Å²) in [5.74, 6) is 0. The van der Waals surface area contributed by atoms with E-state index in [0.29, 0.717) is 12.8 Å². The van der Waals surface area contributed by atoms with Gasteiger partial charge < -0.3 is 9.84 Å². The van der Waals surface area contributed by atoms with Crippen molar-refractivity contribution in [2.75, 3.05) is 5.32 Å². The summed E-state index contributed by atoms with van der Waals surface area (Å²) in [6, 6.07) is 7.55. The first kappa shape index (κ1) is 15.5. The highest BCUT2D eigenvalue weighted by molar-refractivity contribution is 5.85. The standard InChI is InChI=1S/C15H23NO3/c1-11(17)9-10-12-7-5-6-8-13(12)16-14(18)19-15(2,3)4/h5-8,11,17H,9-10H2,1-4H3,(H,16,18)/t11-/m0/s1. The molecule has 106 valence electrons. The monoisotopic (exact) mass is 265 g/mol. The summed E-state index contributed by atoms with van der Waals surface area (Å²) in [5.41, 5.74) is 1.21. The molecule has 19 heavy (non-hydrogen) atoms. The molecule has 4 heteroatoms. The van der Waals surface area contributed by atoms with E-state index in [-0.39, 0.29) is 6.10 Å². The van der Waals surface area contributed by atoms with Crippen LogP contribution in [0, 0.1) is 0 Å². The highest BCUT2D eigenvalue weighted by atomic mass is 16.6. The molecule has 1 rings (SSSR count). The Morgan fingerprint density at radius 1 is 1.37 bits per heavy atom. The molecule has 0 aliphatic heterocycles. The van der Waals surface area contributed by atoms with Gasteiger partial charge >= 0.3 is 6.09 Å². The van der Waals surface area contributed by atoms with Crippen LogP contribution in [0.1, 0.15) is 39.7 Å². The number of rotatable bonds is 4. The van der Waals surface area contributed by atoms with Gasteiger partial charge in [-0.05, 0) is 52.2 Å². The van der Waals surface area contributed by atoms with Crippen LogP contribution in [0.2, 0.25) is 0 Å². The second kappa shape index (κ2) is 6.57. The summed E-state index contributed by atoms with van der Waals surface area (Å²) in [7, 11) is 0. The van der Waals surface area contributed by atoms with E-state index in [2.05, 4.69) is 5.32 Å². The van der Waals surface area contributed by atoms with Gasteiger partial charge in [-0.15, -0.1) is 0 Å². The lowest BCUT2D eigenvalue weighted by atomic mass is 10.1. The summed E-state index contributed by atoms with van der Waals surface area (Å²) in [5, 5.41) is 12.1. The molecule has 1 atom stereocenters. The van der Waals surface area contributed by atoms with Gasteiger partial charge in [0, 0.05) is 5.69 Å². The highest BCUT2D eigenvalue weighted by Crippen LogP contribution is 2.19. The molecule has 0 saturated heterocycles. The lowest BCUT2D eigenvalue weighted by Crippen LogP contribution is -2.27. The van der Waals surface area contributed by atoms with Crippen LogP contribution in [0.25, 0.3) is 0 Å². The number of hydrogen-bond acceptors (Lipinski definition) is 3. The smallest absolute Gasteiger partial charge is 0.412 e. The third-order valence-corrected chi connectivity index (χ3v) is 2.48. The molecule has 0 aliphatic rings. The Morgan fingerprint density at radius 3 is 2.58 bits per heavy atom. The van der Waals surface area contributed by atoms with E-state index in [0.717, 1.165) is 11.3 Å². The van der Waals surface area contributed by atoms with Crippen LogP contribution >= 0.6 is 0 Å². The minimum atomic E-state index is -0.515. The minimum Gasteiger partial charge on any atom is -0.444 e. The van der Waals surface area contributed by atoms with Gasteiger partial charge in [-0.3, -0.25) is 5.32 Å². The summed E-state index contributed by atoms with van der Waals surface area (Å²) in [6.07, 6.45) is 0.558. The number of carbonyl (C=O) groups excluding carboxylic acids is 1. The first-order valence-corrected chi connectivity index (χ1v) is 6.54. The molecule has 0 spiro atoms. The second-order valence-electron chi connectivity index (χ2n) is 5.67. The number of ether oxygens (including phenoxy) is 1. The van der Waals surface area contributed by atoms with Crippen LogP contribution in [0.5, 0.6) is 0 Å². The molecule has 0 heterocycles. The molecule has 0 fully saturated rings. The van der Waals surface area contributed by atoms with Crippen LogP contribution in [0.15, 0.2) is 24.3 Å². The van der Waals surface area contributed by atoms with Crippen molar-refractivity contribution in [1.29, 1.82) is 0 Å². The van der Waals surface area contributed by atoms with E-state index >= 15 is 0 Å². The zero-order valence-electron chi connectivity index (χ0n) is 12.1. The summed E-state index contributed by atoms with van der Waals surface area (Å²) in [4.78, 5) is 11.7. The predicted octanol–water partition coefficient (Wildman–Crippen LogP) is 3.35. The molecule has 1 aromatic carbocycles. The fraction of sp³-hybridized carbons (Fsp3) is 0.533. The summed E-state index contributed by atoms with van der Waals surface area (Å²) < 4.78 is 5.22. The minimum absolute atomic E-state index is 0.352. The number of aliphatic hydroxyl groups excluding tert-OH is 1. The van der Waals surface area contributed by atoms with Crippen molar-refractivity contribution in [3.63, 3.8) is 0 Å². The normalized spacial score (nSPS) is 12.9. The molecule has 0 aliphatic carbocycles. The molecule has 0 saturated carbocycles. The Balaban J connectivity index is 2.69. The van der Waals surface area contributed by atoms with E-state index < -0.39 is 11.7 Å². The number of nitrogens with one attached hydrogen (secondary N) is 1. The number of para-hydroxylation sites is 1. The third-order valence-electron chi connectivity index (χ3n) is 2.48. The average molecular weight is 265 g/mol. The van der Waals surface area contributed by atoms with Gasteiger partial charge in [0.1, 0.15) is 5.60 Å². The van der Waals surface area contributed by atoms with Crippen molar-refractivity contribution in [2.24, 2.45) is 0 Å². The number of benzene rings is 1. The Kier molecular flexibility index (Phi) is 5.36. The van der Waals surface area contributed by atoms with E-state index in [9.17, 15) is 9.90 Å². The quantitative estimate of drug-likeness (QED) is 0.877. The number of anilines is 1. The van der Waals surface area contributed by atoms with Crippen molar-refractivity contribution >= 4 is 11.8 Å². The van der Waals surface area contributed by atoms with Gasteiger partial charge in [-0.1, -0.05) is 18.2 Å². The predicted molar refractivity (Wildman–Crippen MR) is 76.3 cm³/mol. The third kappa shape index (κ3) is 6.25. The van der Waals surface area contributed by atoms with Crippen molar-refractivity contribution in [3.8, 4) is 0 Å². The maximum atomic E-state index is 11.7. The molecule has 4 nitrogen and oxygen atoms in total. The molecule has 0 unspecified atom stereocenters. The Bertz CT molecular complexity index is 422. The first-order valence-electron chi connectivity index (χ1n) is 6.54. The zero-order valence-corrected chi connectivity index (χ0v) is 12.1. The van der Waals surface area contributed by atoms with Crippen molar-refractivity contribution in [1.82, 2.24) is 0 Å². The van der Waals surface area contributed by atoms with E-state index in [4.69, 9.17) is 4.74 Å². The molecular weight excluding hydrogens is 242 g/mol. The van der Waals surface area contributed by atoms with Crippen LogP contribution in [-0.2, 0) is 11.2 Å². The largest absolute Gasteiger partial charge is 0.444 e. The van der Waals surface area contributed by atoms with E-state index in [1.165, 1.54) is 0 Å². The average Bonchev–Trinajstić information content (AvgIpc) is 2.25. The Morgan fingerprint density at radius 2 is 2.00 bits per heavy atom. The van der Waals surface area contributed by atoms with Crippen molar-refractivity contribution < 1.29 is 14.6 Å². The number of carbonyl (C=O) groups is 1. The van der Waals surface area contributed by atoms with Gasteiger partial charge in [0.25, 0.3) is 0 Å². The SMILES string of the molecule is C[C@H](O)CCc1ccccc1NC(=O)OC(C)(C)C. The van der Waals surface area contributed by atoms with Crippen LogP contribution in [-0.4, -0.2) is 22.9 Å². The lowest BCUT2D eigenvalue weighted by Gasteiger charge is -2.20. The Hall–Kier alpha value is -1.55. The first-order chi connectivity index (χ1) is 8.78. The number of amides is 1. The van der Waals surface area contributed by atoms with E-state index in [1.54, 1.807) is 6.92 Å². The zero-order chi connectivity index (χ0) is 14.5. The number of aliphatic hydroxyl groups is 1. The molecule has 0 bridgehead atoms. The molecule has 1 amide bonds. The van der Waals surface area contributed by atoms with Gasteiger partial charge in [0.05, 0.1) is 6.10 Å². The van der Waals surface area contributed by atoms with Crippen molar-refractivity contribution in [2.45, 2.75) is 52.2 Å². The van der Waals surface area contributed by atoms with Gasteiger partial charge in [-0.25, -0.2) is 4.79 Å². The van der Waals surface area contributed by atoms with Crippen LogP contribution < -0.4 is 5.32 Å². The fourth-order valence-corrected chi connectivity index (χ4v) is 1.64. The molecule has 0 radical (unpaired) electrons. The van der Waals surface area contributed by atoms with Crippen LogP contribution in [0.3, 0.4) is 0 Å². The van der Waals surface area contributed by atoms with Gasteiger partial charge in [0.2, 0.25) is 0 Å². The number of aryl methyl sites for hydroxylation is 1. The molecule has 1 aromatic rings. The van der Waals surface area contributed by atoms with Crippen molar-refractivity contribution in [3.05, 3.63) is 29.8 Å². The van der Waals surface area contributed by atoms with Crippen LogP contribution in [0.4, 0.5) is 10.5 Å². The summed E-state index contributed by atoms with van der Waals surface area (Å²) in [6.45, 7) is 7.23. The maximum absolute atomic E-state index is 11.7. The topological polar surface area (TPSA) is 58.6 Å². The van der Waals surface area contributed by atoms with Gasteiger partial charge in [0.15, 0.2) is 0 Å². The highest BCUT2D eigenvalue weighted by Gasteiger charge is 2.17.